The van der Waals surface area contributed by atoms with Crippen molar-refractivity contribution in [1.82, 2.24) is 9.80 Å². The van der Waals surface area contributed by atoms with E-state index in [9.17, 15) is 18.0 Å². The number of carbonyl (C=O) groups excluding carboxylic acids is 1. The molecule has 1 heterocycles. The van der Waals surface area contributed by atoms with Crippen molar-refractivity contribution >= 4 is 17.4 Å². The van der Waals surface area contributed by atoms with Crippen molar-refractivity contribution in [2.75, 3.05) is 26.2 Å². The van der Waals surface area contributed by atoms with Crippen LogP contribution in [0.15, 0.2) is 53.5 Å². The second kappa shape index (κ2) is 8.14. The van der Waals surface area contributed by atoms with Crippen molar-refractivity contribution in [3.8, 4) is 0 Å². The maximum Gasteiger partial charge on any atom is 0.416 e. The molecule has 7 heteroatoms. The van der Waals surface area contributed by atoms with Gasteiger partial charge < -0.3 is 4.90 Å². The Morgan fingerprint density at radius 3 is 2.14 bits per heavy atom. The monoisotopic (exact) mass is 389 g/mol. The summed E-state index contributed by atoms with van der Waals surface area (Å²) in [6, 6.07) is 11.8. The summed E-state index contributed by atoms with van der Waals surface area (Å²) in [6.45, 7) is 7.02. The average Bonchev–Trinajstić information content (AvgIpc) is 2.94. The molecule has 2 aromatic rings. The number of benzene rings is 2. The number of amides is 1. The second-order valence-corrected chi connectivity index (χ2v) is 6.51. The van der Waals surface area contributed by atoms with Gasteiger partial charge in [0.1, 0.15) is 5.84 Å². The number of carbonyl (C=O) groups is 1. The zero-order valence-electron chi connectivity index (χ0n) is 15.8. The first kappa shape index (κ1) is 20.1. The van der Waals surface area contributed by atoms with E-state index >= 15 is 0 Å². The summed E-state index contributed by atoms with van der Waals surface area (Å²) < 4.78 is 38.4. The first-order chi connectivity index (χ1) is 13.3. The van der Waals surface area contributed by atoms with E-state index in [0.29, 0.717) is 35.7 Å². The largest absolute Gasteiger partial charge is 0.416 e. The molecule has 0 aliphatic carbocycles. The fraction of sp³-hybridized carbons (Fsp3) is 0.333. The van der Waals surface area contributed by atoms with Crippen molar-refractivity contribution in [2.24, 2.45) is 4.99 Å². The highest BCUT2D eigenvalue weighted by Gasteiger charge is 2.34. The molecule has 0 aromatic heterocycles. The molecule has 3 rings (SSSR count). The smallest absolute Gasteiger partial charge is 0.302 e. The molecular formula is C21H22F3N3O. The minimum absolute atomic E-state index is 0.131. The number of alkyl halides is 3. The molecule has 1 aliphatic heterocycles. The van der Waals surface area contributed by atoms with Gasteiger partial charge in [-0.1, -0.05) is 32.0 Å². The van der Waals surface area contributed by atoms with Gasteiger partial charge in [-0.15, -0.1) is 0 Å². The lowest BCUT2D eigenvalue weighted by molar-refractivity contribution is -0.137. The molecule has 28 heavy (non-hydrogen) atoms. The predicted octanol–water partition coefficient (Wildman–Crippen LogP) is 4.58. The summed E-state index contributed by atoms with van der Waals surface area (Å²) in [5.74, 6) is 0.348. The maximum absolute atomic E-state index is 12.8. The van der Waals surface area contributed by atoms with E-state index < -0.39 is 11.7 Å². The molecule has 1 aliphatic rings. The van der Waals surface area contributed by atoms with Crippen LogP contribution in [-0.4, -0.2) is 47.7 Å². The normalized spacial score (nSPS) is 15.6. The molecule has 1 amide bonds. The number of hydrogen-bond donors (Lipinski definition) is 0. The summed E-state index contributed by atoms with van der Waals surface area (Å²) >= 11 is 0. The highest BCUT2D eigenvalue weighted by atomic mass is 19.4. The van der Waals surface area contributed by atoms with Crippen LogP contribution < -0.4 is 0 Å². The van der Waals surface area contributed by atoms with E-state index in [1.54, 1.807) is 17.0 Å². The van der Waals surface area contributed by atoms with Crippen LogP contribution in [0.4, 0.5) is 18.9 Å². The third-order valence-corrected chi connectivity index (χ3v) is 4.86. The summed E-state index contributed by atoms with van der Waals surface area (Å²) in [5, 5.41) is 0. The molecule has 0 N–H and O–H groups in total. The number of amidine groups is 1. The van der Waals surface area contributed by atoms with Gasteiger partial charge in [0.2, 0.25) is 0 Å². The third-order valence-electron chi connectivity index (χ3n) is 4.86. The van der Waals surface area contributed by atoms with Gasteiger partial charge in [-0.2, -0.15) is 13.2 Å². The molecule has 0 spiro atoms. The summed E-state index contributed by atoms with van der Waals surface area (Å²) in [6.07, 6.45) is -4.39. The molecule has 0 radical (unpaired) electrons. The molecular weight excluding hydrogens is 367 g/mol. The van der Waals surface area contributed by atoms with Crippen molar-refractivity contribution < 1.29 is 18.0 Å². The Balaban J connectivity index is 1.94. The molecule has 0 unspecified atom stereocenters. The Labute approximate surface area is 162 Å². The summed E-state index contributed by atoms with van der Waals surface area (Å²) in [4.78, 5) is 21.2. The number of fused-ring (bicyclic) bond motifs is 1. The minimum atomic E-state index is -4.39. The fourth-order valence-corrected chi connectivity index (χ4v) is 3.21. The highest BCUT2D eigenvalue weighted by molar-refractivity contribution is 6.23. The molecule has 0 saturated carbocycles. The number of aliphatic imine (C=N–C) groups is 1. The zero-order chi connectivity index (χ0) is 20.3. The van der Waals surface area contributed by atoms with Crippen LogP contribution >= 0.6 is 0 Å². The molecule has 148 valence electrons. The molecule has 4 nitrogen and oxygen atoms in total. The Hall–Kier alpha value is -2.67. The lowest BCUT2D eigenvalue weighted by Gasteiger charge is -2.23. The SMILES string of the molecule is CCN(CC)CCN1C(=O)c2ccccc2C1=Nc1ccc(C(F)(F)F)cc1. The van der Waals surface area contributed by atoms with Gasteiger partial charge in [0.25, 0.3) is 5.91 Å². The Morgan fingerprint density at radius 2 is 1.57 bits per heavy atom. The van der Waals surface area contributed by atoms with Crippen LogP contribution in [0.25, 0.3) is 0 Å². The molecule has 0 bridgehead atoms. The number of likely N-dealkylation sites (N-methyl/N-ethyl adjacent to an activating group) is 1. The van der Waals surface area contributed by atoms with Crippen LogP contribution in [-0.2, 0) is 6.18 Å². The van der Waals surface area contributed by atoms with Crippen LogP contribution in [0.5, 0.6) is 0 Å². The number of rotatable bonds is 6. The molecule has 2 aromatic carbocycles. The van der Waals surface area contributed by atoms with Crippen LogP contribution in [0, 0.1) is 0 Å². The minimum Gasteiger partial charge on any atom is -0.302 e. The molecule has 0 fully saturated rings. The van der Waals surface area contributed by atoms with Crippen molar-refractivity contribution in [3.63, 3.8) is 0 Å². The summed E-state index contributed by atoms with van der Waals surface area (Å²) in [7, 11) is 0. The van der Waals surface area contributed by atoms with Gasteiger partial charge in [-0.05, 0) is 43.4 Å². The molecule has 0 saturated heterocycles. The lowest BCUT2D eigenvalue weighted by Crippen LogP contribution is -2.38. The average molecular weight is 389 g/mol. The van der Waals surface area contributed by atoms with E-state index in [1.807, 2.05) is 12.1 Å². The van der Waals surface area contributed by atoms with Gasteiger partial charge in [0.05, 0.1) is 16.8 Å². The zero-order valence-corrected chi connectivity index (χ0v) is 15.8. The van der Waals surface area contributed by atoms with Crippen LogP contribution in [0.2, 0.25) is 0 Å². The number of nitrogens with zero attached hydrogens (tertiary/aromatic N) is 3. The van der Waals surface area contributed by atoms with Crippen molar-refractivity contribution in [2.45, 2.75) is 20.0 Å². The Kier molecular flexibility index (Phi) is 5.84. The number of halogens is 3. The fourth-order valence-electron chi connectivity index (χ4n) is 3.21. The standard InChI is InChI=1S/C21H22F3N3O/c1-3-26(4-2)13-14-27-19(17-7-5-6-8-18(17)20(27)28)25-16-11-9-15(10-12-16)21(22,23)24/h5-12H,3-4,13-14H2,1-2H3. The highest BCUT2D eigenvalue weighted by Crippen LogP contribution is 2.31. The van der Waals surface area contributed by atoms with E-state index in [1.165, 1.54) is 12.1 Å². The first-order valence-corrected chi connectivity index (χ1v) is 9.24. The van der Waals surface area contributed by atoms with E-state index in [4.69, 9.17) is 0 Å². The summed E-state index contributed by atoms with van der Waals surface area (Å²) in [5.41, 5.74) is 0.915. The van der Waals surface area contributed by atoms with Gasteiger partial charge in [0.15, 0.2) is 0 Å². The predicted molar refractivity (Wildman–Crippen MR) is 103 cm³/mol. The van der Waals surface area contributed by atoms with Crippen LogP contribution in [0.3, 0.4) is 0 Å². The lowest BCUT2D eigenvalue weighted by atomic mass is 10.1. The van der Waals surface area contributed by atoms with Crippen molar-refractivity contribution in [1.29, 1.82) is 0 Å². The van der Waals surface area contributed by atoms with Crippen LogP contribution in [0.1, 0.15) is 35.3 Å². The van der Waals surface area contributed by atoms with Crippen molar-refractivity contribution in [3.05, 3.63) is 65.2 Å². The second-order valence-electron chi connectivity index (χ2n) is 6.51. The van der Waals surface area contributed by atoms with Gasteiger partial charge >= 0.3 is 6.18 Å². The Morgan fingerprint density at radius 1 is 0.964 bits per heavy atom. The topological polar surface area (TPSA) is 35.9 Å². The quantitative estimate of drug-likeness (QED) is 0.725. The van der Waals surface area contributed by atoms with E-state index in [2.05, 4.69) is 23.7 Å². The van der Waals surface area contributed by atoms with Gasteiger partial charge in [-0.25, -0.2) is 4.99 Å². The first-order valence-electron chi connectivity index (χ1n) is 9.24. The van der Waals surface area contributed by atoms with Gasteiger partial charge in [-0.3, -0.25) is 9.69 Å². The number of hydrogen-bond acceptors (Lipinski definition) is 3. The van der Waals surface area contributed by atoms with Gasteiger partial charge in [0, 0.05) is 18.7 Å². The maximum atomic E-state index is 12.8. The van der Waals surface area contributed by atoms with E-state index in [-0.39, 0.29) is 5.91 Å². The van der Waals surface area contributed by atoms with E-state index in [0.717, 1.165) is 25.2 Å². The Bertz CT molecular complexity index is 871. The molecule has 0 atom stereocenters. The third kappa shape index (κ3) is 4.09.